The molecule has 0 aliphatic rings. The Balaban J connectivity index is 2.80. The van der Waals surface area contributed by atoms with Crippen LogP contribution in [0.15, 0.2) is 18.3 Å². The molecule has 0 fully saturated rings. The Bertz CT molecular complexity index is 450. The minimum atomic E-state index is -0.0938. The zero-order valence-electron chi connectivity index (χ0n) is 7.16. The second kappa shape index (κ2) is 3.01. The lowest BCUT2D eigenvalue weighted by Gasteiger charge is -1.98. The molecule has 2 heterocycles. The first-order chi connectivity index (χ1) is 6.22. The first-order valence-corrected chi connectivity index (χ1v) is 4.34. The third-order valence-corrected chi connectivity index (χ3v) is 2.27. The molecule has 2 aromatic rings. The van der Waals surface area contributed by atoms with Crippen LogP contribution in [0, 0.1) is 6.92 Å². The highest BCUT2D eigenvalue weighted by atomic mass is 35.5. The van der Waals surface area contributed by atoms with Crippen molar-refractivity contribution in [2.24, 2.45) is 0 Å². The van der Waals surface area contributed by atoms with Crippen LogP contribution in [0.25, 0.3) is 5.65 Å². The fraction of sp³-hybridized carbons (Fsp3) is 0.222. The molecular formula is C9H9ClN2O. The fourth-order valence-corrected chi connectivity index (χ4v) is 1.55. The van der Waals surface area contributed by atoms with E-state index in [-0.39, 0.29) is 6.61 Å². The Labute approximate surface area is 80.6 Å². The van der Waals surface area contributed by atoms with Gasteiger partial charge in [-0.05, 0) is 18.6 Å². The summed E-state index contributed by atoms with van der Waals surface area (Å²) in [4.78, 5) is 4.09. The summed E-state index contributed by atoms with van der Waals surface area (Å²) in [5.41, 5.74) is 2.51. The van der Waals surface area contributed by atoms with E-state index in [1.807, 2.05) is 25.3 Å². The van der Waals surface area contributed by atoms with Crippen molar-refractivity contribution in [3.8, 4) is 0 Å². The average molecular weight is 197 g/mol. The molecule has 0 aromatic carbocycles. The van der Waals surface area contributed by atoms with Crippen molar-refractivity contribution in [1.29, 1.82) is 0 Å². The molecule has 0 spiro atoms. The number of imidazole rings is 1. The number of hydrogen-bond acceptors (Lipinski definition) is 2. The second-order valence-electron chi connectivity index (χ2n) is 2.94. The maximum atomic E-state index is 9.05. The van der Waals surface area contributed by atoms with Crippen LogP contribution in [-0.2, 0) is 6.61 Å². The summed E-state index contributed by atoms with van der Waals surface area (Å²) in [7, 11) is 0. The van der Waals surface area contributed by atoms with Crippen LogP contribution in [0.3, 0.4) is 0 Å². The number of aryl methyl sites for hydroxylation is 1. The summed E-state index contributed by atoms with van der Waals surface area (Å²) in [5.74, 6) is 0. The molecule has 0 aliphatic carbocycles. The van der Waals surface area contributed by atoms with E-state index in [0.29, 0.717) is 10.8 Å². The van der Waals surface area contributed by atoms with Gasteiger partial charge >= 0.3 is 0 Å². The molecule has 2 aromatic heterocycles. The molecule has 0 saturated heterocycles. The molecule has 3 nitrogen and oxygen atoms in total. The number of rotatable bonds is 1. The summed E-state index contributed by atoms with van der Waals surface area (Å²) in [5, 5.41) is 9.42. The molecule has 1 N–H and O–H groups in total. The second-order valence-corrected chi connectivity index (χ2v) is 3.30. The number of nitrogens with zero attached hydrogens (tertiary/aromatic N) is 2. The van der Waals surface area contributed by atoms with Crippen LogP contribution in [0.5, 0.6) is 0 Å². The third-order valence-electron chi connectivity index (χ3n) is 1.97. The molecule has 68 valence electrons. The molecule has 0 radical (unpaired) electrons. The van der Waals surface area contributed by atoms with Gasteiger partial charge in [0.25, 0.3) is 0 Å². The van der Waals surface area contributed by atoms with Crippen LogP contribution in [0.4, 0.5) is 0 Å². The largest absolute Gasteiger partial charge is 0.390 e. The lowest BCUT2D eigenvalue weighted by Crippen LogP contribution is -1.92. The number of hydrogen-bond donors (Lipinski definition) is 1. The molecule has 0 aliphatic heterocycles. The van der Waals surface area contributed by atoms with E-state index >= 15 is 0 Å². The standard InChI is InChI=1S/C9H9ClN2O/c1-6-2-3-8-11-9(10)7(5-13)12(8)4-6/h2-4,13H,5H2,1H3. The maximum absolute atomic E-state index is 9.05. The van der Waals surface area contributed by atoms with Gasteiger partial charge in [-0.3, -0.25) is 4.40 Å². The van der Waals surface area contributed by atoms with Crippen molar-refractivity contribution in [2.75, 3.05) is 0 Å². The lowest BCUT2D eigenvalue weighted by atomic mass is 10.3. The van der Waals surface area contributed by atoms with Gasteiger partial charge in [-0.15, -0.1) is 0 Å². The Morgan fingerprint density at radius 3 is 3.00 bits per heavy atom. The molecule has 0 atom stereocenters. The minimum Gasteiger partial charge on any atom is -0.390 e. The number of pyridine rings is 1. The zero-order chi connectivity index (χ0) is 9.42. The molecule has 0 bridgehead atoms. The first kappa shape index (κ1) is 8.53. The average Bonchev–Trinajstić information content (AvgIpc) is 2.40. The van der Waals surface area contributed by atoms with Gasteiger partial charge in [-0.25, -0.2) is 4.98 Å². The highest BCUT2D eigenvalue weighted by Crippen LogP contribution is 2.17. The number of fused-ring (bicyclic) bond motifs is 1. The minimum absolute atomic E-state index is 0.0938. The van der Waals surface area contributed by atoms with Gasteiger partial charge in [-0.1, -0.05) is 17.7 Å². The van der Waals surface area contributed by atoms with Crippen LogP contribution in [-0.4, -0.2) is 14.5 Å². The van der Waals surface area contributed by atoms with E-state index in [4.69, 9.17) is 16.7 Å². The first-order valence-electron chi connectivity index (χ1n) is 3.96. The van der Waals surface area contributed by atoms with Crippen LogP contribution < -0.4 is 0 Å². The Kier molecular flexibility index (Phi) is 1.98. The normalized spacial score (nSPS) is 11.0. The third kappa shape index (κ3) is 1.30. The maximum Gasteiger partial charge on any atom is 0.153 e. The Morgan fingerprint density at radius 2 is 2.31 bits per heavy atom. The smallest absolute Gasteiger partial charge is 0.153 e. The highest BCUT2D eigenvalue weighted by molar-refractivity contribution is 6.30. The number of aromatic nitrogens is 2. The monoisotopic (exact) mass is 196 g/mol. The summed E-state index contributed by atoms with van der Waals surface area (Å²) in [6.07, 6.45) is 1.90. The highest BCUT2D eigenvalue weighted by Gasteiger charge is 2.08. The summed E-state index contributed by atoms with van der Waals surface area (Å²) in [6, 6.07) is 3.83. The van der Waals surface area contributed by atoms with Crippen LogP contribution in [0.2, 0.25) is 5.15 Å². The van der Waals surface area contributed by atoms with E-state index in [1.165, 1.54) is 0 Å². The predicted molar refractivity (Wildman–Crippen MR) is 50.9 cm³/mol. The van der Waals surface area contributed by atoms with Gasteiger partial charge in [0.05, 0.1) is 12.3 Å². The SMILES string of the molecule is Cc1ccc2nc(Cl)c(CO)n2c1. The molecule has 4 heteroatoms. The summed E-state index contributed by atoms with van der Waals surface area (Å²) in [6.45, 7) is 1.89. The van der Waals surface area contributed by atoms with Gasteiger partial charge in [0, 0.05) is 6.20 Å². The van der Waals surface area contributed by atoms with E-state index in [2.05, 4.69) is 4.98 Å². The van der Waals surface area contributed by atoms with E-state index in [1.54, 1.807) is 4.40 Å². The Morgan fingerprint density at radius 1 is 1.54 bits per heavy atom. The number of aliphatic hydroxyl groups is 1. The fourth-order valence-electron chi connectivity index (χ4n) is 1.31. The lowest BCUT2D eigenvalue weighted by molar-refractivity contribution is 0.276. The molecule has 13 heavy (non-hydrogen) atoms. The van der Waals surface area contributed by atoms with Crippen LogP contribution in [0.1, 0.15) is 11.3 Å². The van der Waals surface area contributed by atoms with E-state index < -0.39 is 0 Å². The van der Waals surface area contributed by atoms with Crippen molar-refractivity contribution >= 4 is 17.2 Å². The quantitative estimate of drug-likeness (QED) is 0.755. The number of aliphatic hydroxyl groups excluding tert-OH is 1. The molecular weight excluding hydrogens is 188 g/mol. The molecule has 0 saturated carbocycles. The molecule has 0 unspecified atom stereocenters. The molecule has 0 amide bonds. The van der Waals surface area contributed by atoms with Gasteiger partial charge in [0.2, 0.25) is 0 Å². The van der Waals surface area contributed by atoms with Crippen molar-refractivity contribution in [3.05, 3.63) is 34.7 Å². The number of halogens is 1. The van der Waals surface area contributed by atoms with Crippen LogP contribution >= 0.6 is 11.6 Å². The Hall–Kier alpha value is -1.06. The summed E-state index contributed by atoms with van der Waals surface area (Å²) >= 11 is 5.83. The zero-order valence-corrected chi connectivity index (χ0v) is 7.91. The van der Waals surface area contributed by atoms with Gasteiger partial charge in [-0.2, -0.15) is 0 Å². The summed E-state index contributed by atoms with van der Waals surface area (Å²) < 4.78 is 1.80. The molecule has 2 rings (SSSR count). The predicted octanol–water partition coefficient (Wildman–Crippen LogP) is 1.79. The van der Waals surface area contributed by atoms with Crippen molar-refractivity contribution in [3.63, 3.8) is 0 Å². The van der Waals surface area contributed by atoms with Gasteiger partial charge in [0.1, 0.15) is 5.65 Å². The van der Waals surface area contributed by atoms with Crippen molar-refractivity contribution < 1.29 is 5.11 Å². The van der Waals surface area contributed by atoms with Gasteiger partial charge < -0.3 is 5.11 Å². The van der Waals surface area contributed by atoms with Gasteiger partial charge in [0.15, 0.2) is 5.15 Å². The van der Waals surface area contributed by atoms with Crippen molar-refractivity contribution in [2.45, 2.75) is 13.5 Å². The van der Waals surface area contributed by atoms with E-state index in [0.717, 1.165) is 11.2 Å². The van der Waals surface area contributed by atoms with E-state index in [9.17, 15) is 0 Å². The topological polar surface area (TPSA) is 37.5 Å². The van der Waals surface area contributed by atoms with Crippen molar-refractivity contribution in [1.82, 2.24) is 9.38 Å².